The van der Waals surface area contributed by atoms with E-state index in [2.05, 4.69) is 0 Å². The van der Waals surface area contributed by atoms with Crippen LogP contribution in [0.2, 0.25) is 0 Å². The monoisotopic (exact) mass is 608 g/mol. The summed E-state index contributed by atoms with van der Waals surface area (Å²) >= 11 is 0. The fourth-order valence-corrected chi connectivity index (χ4v) is 4.70. The number of carbonyl (C=O) groups is 1. The molecule has 3 heterocycles. The van der Waals surface area contributed by atoms with Gasteiger partial charge in [0.05, 0.1) is 6.61 Å². The normalized spacial score (nSPS) is 32.8. The number of phenols is 2. The van der Waals surface area contributed by atoms with E-state index in [-0.39, 0.29) is 28.2 Å². The lowest BCUT2D eigenvalue weighted by Gasteiger charge is -2.41. The van der Waals surface area contributed by atoms with E-state index in [4.69, 9.17) is 23.4 Å². The number of aliphatic hydroxyl groups excluding tert-OH is 7. The summed E-state index contributed by atoms with van der Waals surface area (Å²) in [6, 6.07) is 8.99. The van der Waals surface area contributed by atoms with E-state index in [0.29, 0.717) is 5.56 Å². The van der Waals surface area contributed by atoms with Crippen LogP contribution < -0.4 is 10.2 Å². The Balaban J connectivity index is 1.38. The fraction of sp³-hybridized carbons (Fsp3) is 0.407. The molecule has 16 heteroatoms. The second-order valence-corrected chi connectivity index (χ2v) is 9.99. The summed E-state index contributed by atoms with van der Waals surface area (Å²) in [5.74, 6) is -2.22. The van der Waals surface area contributed by atoms with E-state index < -0.39 is 85.2 Å². The fourth-order valence-electron chi connectivity index (χ4n) is 4.70. The lowest BCUT2D eigenvalue weighted by Crippen LogP contribution is -2.63. The summed E-state index contributed by atoms with van der Waals surface area (Å²) in [5, 5.41) is 90.4. The summed E-state index contributed by atoms with van der Waals surface area (Å²) in [6.45, 7) is -0.808. The predicted molar refractivity (Wildman–Crippen MR) is 138 cm³/mol. The number of benzene rings is 2. The Hall–Kier alpha value is -3.84. The molecule has 232 valence electrons. The zero-order valence-corrected chi connectivity index (χ0v) is 21.9. The van der Waals surface area contributed by atoms with Crippen LogP contribution in [0.4, 0.5) is 0 Å². The van der Waals surface area contributed by atoms with Gasteiger partial charge in [0.25, 0.3) is 0 Å². The first-order chi connectivity index (χ1) is 20.4. The largest absolute Gasteiger partial charge is 0.508 e. The predicted octanol–water partition coefficient (Wildman–Crippen LogP) is -2.60. The van der Waals surface area contributed by atoms with Gasteiger partial charge in [-0.3, -0.25) is 4.79 Å². The Morgan fingerprint density at radius 2 is 1.44 bits per heavy atom. The molecule has 0 aliphatic carbocycles. The molecule has 10 atom stereocenters. The van der Waals surface area contributed by atoms with Crippen LogP contribution in [-0.4, -0.2) is 120 Å². The van der Waals surface area contributed by atoms with Crippen LogP contribution in [0, 0.1) is 0 Å². The standard InChI is InChI=1S/C27H28O16/c28-8-16-18(32)19(33)22(36)27(41-16)43-25(38)24-21(35)20(34)23(37)26(42-24)39-11-5-12(30)17-13(31)7-14(40-15(17)6-11)9-1-3-10(29)4-2-9/h1-7,16,18-24,26-30,32-37H,8H2/t16-,18-,19+,20+,21+,22-,23-,24+,26-,27+/m1/s1. The molecule has 0 spiro atoms. The Morgan fingerprint density at radius 3 is 2.12 bits per heavy atom. The van der Waals surface area contributed by atoms with Crippen molar-refractivity contribution in [2.24, 2.45) is 0 Å². The van der Waals surface area contributed by atoms with Crippen molar-refractivity contribution in [3.8, 4) is 28.6 Å². The summed E-state index contributed by atoms with van der Waals surface area (Å²) in [7, 11) is 0. The van der Waals surface area contributed by atoms with Crippen LogP contribution in [0.1, 0.15) is 0 Å². The van der Waals surface area contributed by atoms with E-state index in [0.717, 1.165) is 18.2 Å². The first kappa shape index (κ1) is 30.6. The van der Waals surface area contributed by atoms with Crippen LogP contribution >= 0.6 is 0 Å². The third kappa shape index (κ3) is 5.87. The number of aromatic hydroxyl groups is 2. The highest BCUT2D eigenvalue weighted by Gasteiger charge is 2.51. The molecule has 43 heavy (non-hydrogen) atoms. The number of ether oxygens (including phenoxy) is 4. The van der Waals surface area contributed by atoms with Crippen molar-refractivity contribution in [1.29, 1.82) is 0 Å². The maximum absolute atomic E-state index is 12.9. The van der Waals surface area contributed by atoms with E-state index in [1.807, 2.05) is 0 Å². The maximum atomic E-state index is 12.9. The lowest BCUT2D eigenvalue weighted by atomic mass is 9.98. The van der Waals surface area contributed by atoms with Gasteiger partial charge in [0, 0.05) is 23.8 Å². The third-order valence-corrected chi connectivity index (χ3v) is 7.07. The molecule has 1 aromatic heterocycles. The van der Waals surface area contributed by atoms with Crippen LogP contribution in [-0.2, 0) is 19.0 Å². The molecule has 0 radical (unpaired) electrons. The molecule has 2 aromatic carbocycles. The summed E-state index contributed by atoms with van der Waals surface area (Å²) in [6.07, 6.45) is -18.9. The molecule has 16 nitrogen and oxygen atoms in total. The number of hydrogen-bond acceptors (Lipinski definition) is 16. The summed E-state index contributed by atoms with van der Waals surface area (Å²) in [5.41, 5.74) is -0.349. The molecule has 5 rings (SSSR count). The molecule has 0 unspecified atom stereocenters. The van der Waals surface area contributed by atoms with E-state index in [1.54, 1.807) is 0 Å². The van der Waals surface area contributed by atoms with Crippen molar-refractivity contribution in [3.63, 3.8) is 0 Å². The molecule has 0 saturated carbocycles. The zero-order chi connectivity index (χ0) is 31.2. The molecule has 2 aliphatic rings. The van der Waals surface area contributed by atoms with E-state index in [1.165, 1.54) is 24.3 Å². The zero-order valence-electron chi connectivity index (χ0n) is 21.9. The Bertz CT molecular complexity index is 1520. The van der Waals surface area contributed by atoms with Crippen LogP contribution in [0.5, 0.6) is 17.2 Å². The van der Waals surface area contributed by atoms with Gasteiger partial charge < -0.3 is 69.3 Å². The molecule has 0 amide bonds. The second kappa shape index (κ2) is 12.0. The van der Waals surface area contributed by atoms with E-state index >= 15 is 0 Å². The van der Waals surface area contributed by atoms with Crippen LogP contribution in [0.3, 0.4) is 0 Å². The molecular weight excluding hydrogens is 580 g/mol. The summed E-state index contributed by atoms with van der Waals surface area (Å²) in [4.78, 5) is 25.6. The highest BCUT2D eigenvalue weighted by Crippen LogP contribution is 2.34. The van der Waals surface area contributed by atoms with Crippen molar-refractivity contribution in [3.05, 3.63) is 52.7 Å². The number of phenolic OH excluding ortho intramolecular Hbond substituents is 2. The first-order valence-electron chi connectivity index (χ1n) is 12.9. The second-order valence-electron chi connectivity index (χ2n) is 9.99. The van der Waals surface area contributed by atoms with Gasteiger partial charge in [-0.25, -0.2) is 4.79 Å². The van der Waals surface area contributed by atoms with Crippen LogP contribution in [0.15, 0.2) is 51.7 Å². The number of aliphatic hydroxyl groups is 7. The van der Waals surface area contributed by atoms with Gasteiger partial charge in [0.2, 0.25) is 12.6 Å². The van der Waals surface area contributed by atoms with Crippen molar-refractivity contribution in [1.82, 2.24) is 0 Å². The van der Waals surface area contributed by atoms with Gasteiger partial charge in [-0.05, 0) is 24.3 Å². The lowest BCUT2D eigenvalue weighted by molar-refractivity contribution is -0.307. The molecule has 2 aliphatic heterocycles. The quantitative estimate of drug-likeness (QED) is 0.130. The maximum Gasteiger partial charge on any atom is 0.340 e. The minimum atomic E-state index is -2.08. The minimum Gasteiger partial charge on any atom is -0.508 e. The van der Waals surface area contributed by atoms with Crippen molar-refractivity contribution in [2.75, 3.05) is 6.61 Å². The van der Waals surface area contributed by atoms with E-state index in [9.17, 15) is 55.5 Å². The Labute approximate surface area is 240 Å². The first-order valence-corrected chi connectivity index (χ1v) is 12.9. The molecule has 9 N–H and O–H groups in total. The molecular formula is C27H28O16. The highest BCUT2D eigenvalue weighted by atomic mass is 16.7. The minimum absolute atomic E-state index is 0.0195. The SMILES string of the molecule is O=C(O[C@@H]1O[C@H](CO)[C@@H](O)[C@H](O)[C@H]1O)[C@H]1O[C@@H](Oc2cc(O)c3c(=O)cc(-c4ccc(O)cc4)oc3c2)[C@H](O)[C@@H](O)[C@@H]1O. The van der Waals surface area contributed by atoms with Gasteiger partial charge in [-0.15, -0.1) is 0 Å². The number of esters is 1. The van der Waals surface area contributed by atoms with Gasteiger partial charge in [0.1, 0.15) is 76.7 Å². The van der Waals surface area contributed by atoms with Crippen molar-refractivity contribution in [2.45, 2.75) is 61.4 Å². The van der Waals surface area contributed by atoms with Crippen LogP contribution in [0.25, 0.3) is 22.3 Å². The summed E-state index contributed by atoms with van der Waals surface area (Å²) < 4.78 is 26.7. The number of hydrogen-bond donors (Lipinski definition) is 9. The molecule has 2 saturated heterocycles. The Kier molecular flexibility index (Phi) is 8.57. The third-order valence-electron chi connectivity index (χ3n) is 7.07. The van der Waals surface area contributed by atoms with Gasteiger partial charge >= 0.3 is 5.97 Å². The average molecular weight is 609 g/mol. The van der Waals surface area contributed by atoms with Gasteiger partial charge in [0.15, 0.2) is 11.5 Å². The van der Waals surface area contributed by atoms with Gasteiger partial charge in [-0.1, -0.05) is 0 Å². The smallest absolute Gasteiger partial charge is 0.340 e. The van der Waals surface area contributed by atoms with Gasteiger partial charge in [-0.2, -0.15) is 0 Å². The van der Waals surface area contributed by atoms with Crippen molar-refractivity contribution < 1.29 is 74.1 Å². The molecule has 3 aromatic rings. The topological polar surface area (TPSA) is 266 Å². The molecule has 0 bridgehead atoms. The molecule has 2 fully saturated rings. The highest BCUT2D eigenvalue weighted by molar-refractivity contribution is 5.86. The average Bonchev–Trinajstić information content (AvgIpc) is 2.97. The number of rotatable bonds is 6. The van der Waals surface area contributed by atoms with Crippen molar-refractivity contribution >= 4 is 16.9 Å². The number of carbonyl (C=O) groups excluding carboxylic acids is 1. The number of fused-ring (bicyclic) bond motifs is 1. The Morgan fingerprint density at radius 1 is 0.791 bits per heavy atom.